The summed E-state index contributed by atoms with van der Waals surface area (Å²) in [4.78, 5) is 4.48. The van der Waals surface area contributed by atoms with E-state index in [4.69, 9.17) is 16.3 Å². The molecule has 0 fully saturated rings. The fourth-order valence-electron chi connectivity index (χ4n) is 1.33. The molecule has 1 aromatic heterocycles. The Morgan fingerprint density at radius 1 is 1.26 bits per heavy atom. The quantitative estimate of drug-likeness (QED) is 0.886. The largest absolute Gasteiger partial charge is 0.474 e. The second-order valence-electron chi connectivity index (χ2n) is 6.25. The van der Waals surface area contributed by atoms with Crippen molar-refractivity contribution in [3.8, 4) is 5.88 Å². The van der Waals surface area contributed by atoms with Crippen molar-refractivity contribution in [2.24, 2.45) is 5.92 Å². The maximum absolute atomic E-state index is 6.17. The minimum atomic E-state index is 0.0348. The fraction of sp³-hybridized carbons (Fsp3) is 0.667. The Labute approximate surface area is 121 Å². The van der Waals surface area contributed by atoms with Crippen molar-refractivity contribution in [2.45, 2.75) is 59.7 Å². The van der Waals surface area contributed by atoms with Gasteiger partial charge in [0.2, 0.25) is 5.88 Å². The molecule has 0 aliphatic carbocycles. The molecule has 0 aliphatic rings. The number of pyridine rings is 1. The smallest absolute Gasteiger partial charge is 0.213 e. The van der Waals surface area contributed by atoms with Gasteiger partial charge < -0.3 is 10.1 Å². The van der Waals surface area contributed by atoms with Gasteiger partial charge in [0.15, 0.2) is 0 Å². The Balaban J connectivity index is 2.77. The minimum Gasteiger partial charge on any atom is -0.474 e. The van der Waals surface area contributed by atoms with Gasteiger partial charge in [0.25, 0.3) is 0 Å². The van der Waals surface area contributed by atoms with Crippen molar-refractivity contribution < 1.29 is 4.74 Å². The van der Waals surface area contributed by atoms with Gasteiger partial charge in [-0.3, -0.25) is 0 Å². The first-order valence-corrected chi connectivity index (χ1v) is 7.14. The summed E-state index contributed by atoms with van der Waals surface area (Å²) < 4.78 is 5.81. The van der Waals surface area contributed by atoms with Gasteiger partial charge in [0.1, 0.15) is 0 Å². The molecule has 1 N–H and O–H groups in total. The van der Waals surface area contributed by atoms with Crippen molar-refractivity contribution in [3.63, 3.8) is 0 Å². The number of hydrogen-bond donors (Lipinski definition) is 1. The summed E-state index contributed by atoms with van der Waals surface area (Å²) >= 11 is 6.17. The maximum Gasteiger partial charge on any atom is 0.213 e. The normalized spacial score (nSPS) is 13.7. The summed E-state index contributed by atoms with van der Waals surface area (Å²) in [5, 5.41) is 4.05. The highest BCUT2D eigenvalue weighted by atomic mass is 35.5. The minimum absolute atomic E-state index is 0.0348. The van der Waals surface area contributed by atoms with Gasteiger partial charge in [-0.05, 0) is 39.7 Å². The molecule has 0 saturated heterocycles. The molecule has 0 saturated carbocycles. The Hall–Kier alpha value is -0.800. The Morgan fingerprint density at radius 3 is 2.42 bits per heavy atom. The molecule has 108 valence electrons. The van der Waals surface area contributed by atoms with Crippen LogP contribution in [0.5, 0.6) is 5.88 Å². The van der Waals surface area contributed by atoms with Gasteiger partial charge in [-0.15, -0.1) is 0 Å². The van der Waals surface area contributed by atoms with Crippen LogP contribution in [0.3, 0.4) is 0 Å². The average Bonchev–Trinajstić information content (AvgIpc) is 2.28. The molecule has 0 aromatic carbocycles. The lowest BCUT2D eigenvalue weighted by molar-refractivity contribution is 0.163. The molecule has 1 aromatic rings. The molecule has 0 bridgehead atoms. The lowest BCUT2D eigenvalue weighted by Crippen LogP contribution is -2.35. The molecule has 0 spiro atoms. The van der Waals surface area contributed by atoms with Gasteiger partial charge in [0.05, 0.1) is 16.8 Å². The molecule has 1 unspecified atom stereocenters. The molecule has 1 heterocycles. The second-order valence-corrected chi connectivity index (χ2v) is 6.66. The van der Waals surface area contributed by atoms with Crippen molar-refractivity contribution in [1.82, 2.24) is 10.3 Å². The number of nitrogens with one attached hydrogen (secondary N) is 1. The van der Waals surface area contributed by atoms with Crippen molar-refractivity contribution in [1.29, 1.82) is 0 Å². The lowest BCUT2D eigenvalue weighted by atomic mass is 10.1. The van der Waals surface area contributed by atoms with Gasteiger partial charge in [-0.2, -0.15) is 0 Å². The van der Waals surface area contributed by atoms with Crippen LogP contribution in [0.1, 0.15) is 47.2 Å². The van der Waals surface area contributed by atoms with Crippen LogP contribution in [0.15, 0.2) is 12.1 Å². The predicted octanol–water partition coefficient (Wildman–Crippen LogP) is 4.05. The third-order valence-electron chi connectivity index (χ3n) is 2.92. The first-order chi connectivity index (χ1) is 8.69. The van der Waals surface area contributed by atoms with E-state index >= 15 is 0 Å². The van der Waals surface area contributed by atoms with Crippen LogP contribution in [0.25, 0.3) is 0 Å². The van der Waals surface area contributed by atoms with Crippen molar-refractivity contribution >= 4 is 11.6 Å². The topological polar surface area (TPSA) is 34.1 Å². The number of nitrogens with zero attached hydrogens (tertiary/aromatic N) is 1. The monoisotopic (exact) mass is 284 g/mol. The van der Waals surface area contributed by atoms with E-state index in [0.717, 1.165) is 5.69 Å². The highest BCUT2D eigenvalue weighted by Gasteiger charge is 2.13. The number of halogens is 1. The Kier molecular flexibility index (Phi) is 5.63. The molecule has 0 amide bonds. The highest BCUT2D eigenvalue weighted by molar-refractivity contribution is 6.31. The van der Waals surface area contributed by atoms with E-state index in [-0.39, 0.29) is 11.6 Å². The van der Waals surface area contributed by atoms with Gasteiger partial charge >= 0.3 is 0 Å². The van der Waals surface area contributed by atoms with Gasteiger partial charge in [0, 0.05) is 18.2 Å². The van der Waals surface area contributed by atoms with Crippen LogP contribution in [-0.2, 0) is 6.54 Å². The zero-order valence-electron chi connectivity index (χ0n) is 12.7. The van der Waals surface area contributed by atoms with Gasteiger partial charge in [-0.1, -0.05) is 25.4 Å². The number of hydrogen-bond acceptors (Lipinski definition) is 3. The summed E-state index contributed by atoms with van der Waals surface area (Å²) in [5.74, 6) is 1.09. The van der Waals surface area contributed by atoms with Gasteiger partial charge in [-0.25, -0.2) is 4.98 Å². The molecule has 3 nitrogen and oxygen atoms in total. The zero-order chi connectivity index (χ0) is 14.6. The summed E-state index contributed by atoms with van der Waals surface area (Å²) in [7, 11) is 0. The molecule has 1 atom stereocenters. The Bertz CT molecular complexity index is 413. The van der Waals surface area contributed by atoms with Crippen LogP contribution < -0.4 is 10.1 Å². The molecule has 1 rings (SSSR count). The van der Waals surface area contributed by atoms with E-state index in [1.807, 2.05) is 19.1 Å². The van der Waals surface area contributed by atoms with Crippen LogP contribution in [0, 0.1) is 5.92 Å². The average molecular weight is 285 g/mol. The summed E-state index contributed by atoms with van der Waals surface area (Å²) in [6.45, 7) is 13.3. The molecule has 0 radical (unpaired) electrons. The highest BCUT2D eigenvalue weighted by Crippen LogP contribution is 2.20. The number of rotatable bonds is 5. The predicted molar refractivity (Wildman–Crippen MR) is 80.8 cm³/mol. The molecular formula is C15H25ClN2O. The lowest BCUT2D eigenvalue weighted by Gasteiger charge is -2.21. The van der Waals surface area contributed by atoms with E-state index in [1.54, 1.807) is 0 Å². The molecule has 19 heavy (non-hydrogen) atoms. The molecule has 4 heteroatoms. The number of aromatic nitrogens is 1. The second kappa shape index (κ2) is 6.58. The fourth-order valence-corrected chi connectivity index (χ4v) is 1.50. The number of ether oxygens (including phenoxy) is 1. The molecular weight excluding hydrogens is 260 g/mol. The first kappa shape index (κ1) is 16.3. The zero-order valence-corrected chi connectivity index (χ0v) is 13.5. The molecule has 0 aliphatic heterocycles. The SMILES string of the molecule is CC(C)C(C)Oc1ccc(Cl)c(CNC(C)(C)C)n1. The van der Waals surface area contributed by atoms with E-state index in [1.165, 1.54) is 0 Å². The van der Waals surface area contributed by atoms with E-state index in [2.05, 4.69) is 44.9 Å². The van der Waals surface area contributed by atoms with E-state index < -0.39 is 0 Å². The summed E-state index contributed by atoms with van der Waals surface area (Å²) in [6, 6.07) is 3.67. The Morgan fingerprint density at radius 2 is 1.89 bits per heavy atom. The summed E-state index contributed by atoms with van der Waals surface area (Å²) in [6.07, 6.45) is 0.136. The standard InChI is InChI=1S/C15H25ClN2O/c1-10(2)11(3)19-14-8-7-12(16)13(18-14)9-17-15(4,5)6/h7-8,10-11,17H,9H2,1-6H3. The van der Waals surface area contributed by atoms with Crippen LogP contribution in [0.2, 0.25) is 5.02 Å². The van der Waals surface area contributed by atoms with E-state index in [0.29, 0.717) is 23.4 Å². The van der Waals surface area contributed by atoms with E-state index in [9.17, 15) is 0 Å². The van der Waals surface area contributed by atoms with Crippen molar-refractivity contribution in [2.75, 3.05) is 0 Å². The van der Waals surface area contributed by atoms with Crippen LogP contribution >= 0.6 is 11.6 Å². The maximum atomic E-state index is 6.17. The third-order valence-corrected chi connectivity index (χ3v) is 3.27. The first-order valence-electron chi connectivity index (χ1n) is 6.76. The van der Waals surface area contributed by atoms with Crippen LogP contribution in [0.4, 0.5) is 0 Å². The van der Waals surface area contributed by atoms with Crippen LogP contribution in [-0.4, -0.2) is 16.6 Å². The third kappa shape index (κ3) is 5.79. The summed E-state index contributed by atoms with van der Waals surface area (Å²) in [5.41, 5.74) is 0.859. The van der Waals surface area contributed by atoms with Crippen molar-refractivity contribution in [3.05, 3.63) is 22.8 Å².